The van der Waals surface area contributed by atoms with Crippen LogP contribution in [0.1, 0.15) is 43.7 Å². The zero-order valence-electron chi connectivity index (χ0n) is 22.2. The van der Waals surface area contributed by atoms with E-state index in [-0.39, 0.29) is 18.2 Å². The van der Waals surface area contributed by atoms with E-state index >= 15 is 0 Å². The quantitative estimate of drug-likeness (QED) is 0.218. The van der Waals surface area contributed by atoms with Crippen LogP contribution in [-0.4, -0.2) is 43.0 Å². The molecule has 0 spiro atoms. The summed E-state index contributed by atoms with van der Waals surface area (Å²) in [5.41, 5.74) is 1.98. The van der Waals surface area contributed by atoms with Crippen LogP contribution >= 0.6 is 15.9 Å². The van der Waals surface area contributed by atoms with Gasteiger partial charge in [0.05, 0.1) is 13.7 Å². The lowest BCUT2D eigenvalue weighted by Crippen LogP contribution is -2.50. The van der Waals surface area contributed by atoms with Crippen molar-refractivity contribution in [2.75, 3.05) is 20.3 Å². The maximum Gasteiger partial charge on any atom is 0.243 e. The lowest BCUT2D eigenvalue weighted by atomic mass is 10.0. The van der Waals surface area contributed by atoms with Crippen LogP contribution in [0.4, 0.5) is 0 Å². The van der Waals surface area contributed by atoms with Crippen LogP contribution in [0, 0.1) is 0 Å². The van der Waals surface area contributed by atoms with E-state index in [0.717, 1.165) is 39.9 Å². The van der Waals surface area contributed by atoms with Crippen LogP contribution in [0.3, 0.4) is 0 Å². The number of rotatable bonds is 15. The van der Waals surface area contributed by atoms with Crippen LogP contribution in [0.25, 0.3) is 0 Å². The summed E-state index contributed by atoms with van der Waals surface area (Å²) in [6.45, 7) is 3.43. The Morgan fingerprint density at radius 3 is 2.24 bits per heavy atom. The van der Waals surface area contributed by atoms with Gasteiger partial charge in [0, 0.05) is 30.4 Å². The highest BCUT2D eigenvalue weighted by atomic mass is 79.9. The largest absolute Gasteiger partial charge is 0.497 e. The average molecular weight is 582 g/mol. The highest BCUT2D eigenvalue weighted by Gasteiger charge is 2.30. The Bertz CT molecular complexity index is 1120. The first-order valence-corrected chi connectivity index (χ1v) is 13.9. The first-order chi connectivity index (χ1) is 18.5. The summed E-state index contributed by atoms with van der Waals surface area (Å²) in [6, 6.07) is 24.5. The van der Waals surface area contributed by atoms with E-state index < -0.39 is 6.04 Å². The van der Waals surface area contributed by atoms with Crippen molar-refractivity contribution in [1.82, 2.24) is 10.2 Å². The second-order valence-corrected chi connectivity index (χ2v) is 10.0. The molecule has 0 unspecified atom stereocenters. The van der Waals surface area contributed by atoms with Gasteiger partial charge in [-0.25, -0.2) is 0 Å². The van der Waals surface area contributed by atoms with E-state index in [4.69, 9.17) is 9.47 Å². The number of amides is 2. The van der Waals surface area contributed by atoms with Crippen LogP contribution in [0.5, 0.6) is 11.5 Å². The molecule has 0 saturated carbocycles. The molecule has 0 aliphatic rings. The van der Waals surface area contributed by atoms with E-state index in [1.54, 1.807) is 12.0 Å². The van der Waals surface area contributed by atoms with Crippen LogP contribution in [0.2, 0.25) is 0 Å². The number of benzene rings is 3. The summed E-state index contributed by atoms with van der Waals surface area (Å²) >= 11 is 3.48. The molecule has 2 amide bonds. The fourth-order valence-electron chi connectivity index (χ4n) is 4.08. The Labute approximate surface area is 234 Å². The molecule has 0 saturated heterocycles. The van der Waals surface area contributed by atoms with Crippen molar-refractivity contribution in [2.45, 2.75) is 51.6 Å². The Morgan fingerprint density at radius 1 is 0.895 bits per heavy atom. The molecular weight excluding hydrogens is 544 g/mol. The molecule has 202 valence electrons. The molecule has 1 atom stereocenters. The van der Waals surface area contributed by atoms with E-state index in [9.17, 15) is 9.59 Å². The van der Waals surface area contributed by atoms with Gasteiger partial charge in [-0.1, -0.05) is 71.7 Å². The number of carbonyl (C=O) groups excluding carboxylic acids is 2. The monoisotopic (exact) mass is 580 g/mol. The van der Waals surface area contributed by atoms with Crippen LogP contribution in [-0.2, 0) is 22.6 Å². The molecule has 0 aliphatic heterocycles. The van der Waals surface area contributed by atoms with Crippen molar-refractivity contribution < 1.29 is 19.1 Å². The Morgan fingerprint density at radius 2 is 1.58 bits per heavy atom. The molecule has 0 fully saturated rings. The van der Waals surface area contributed by atoms with E-state index in [2.05, 4.69) is 28.2 Å². The number of halogens is 1. The van der Waals surface area contributed by atoms with Crippen LogP contribution < -0.4 is 14.8 Å². The van der Waals surface area contributed by atoms with Gasteiger partial charge in [-0.05, 0) is 60.4 Å². The van der Waals surface area contributed by atoms with E-state index in [0.29, 0.717) is 32.5 Å². The maximum absolute atomic E-state index is 13.6. The van der Waals surface area contributed by atoms with Gasteiger partial charge < -0.3 is 19.7 Å². The van der Waals surface area contributed by atoms with Crippen molar-refractivity contribution in [3.8, 4) is 11.5 Å². The number of hydrogen-bond donors (Lipinski definition) is 1. The van der Waals surface area contributed by atoms with E-state index in [1.165, 1.54) is 0 Å². The standard InChI is InChI=1S/C31H37BrN2O4/c1-3-4-20-33-31(36)29(22-24-9-6-5-7-10-24)34(23-25-12-14-26(32)15-13-25)30(35)11-8-21-38-28-18-16-27(37-2)17-19-28/h5-7,9-10,12-19,29H,3-4,8,11,20-23H2,1-2H3,(H,33,36)/t29-/m1/s1. The van der Waals surface area contributed by atoms with Gasteiger partial charge >= 0.3 is 0 Å². The maximum atomic E-state index is 13.6. The van der Waals surface area contributed by atoms with Gasteiger partial charge in [0.25, 0.3) is 0 Å². The average Bonchev–Trinajstić information content (AvgIpc) is 2.95. The van der Waals surface area contributed by atoms with Crippen molar-refractivity contribution >= 4 is 27.7 Å². The summed E-state index contributed by atoms with van der Waals surface area (Å²) in [5, 5.41) is 3.06. The summed E-state index contributed by atoms with van der Waals surface area (Å²) in [4.78, 5) is 28.8. The second-order valence-electron chi connectivity index (χ2n) is 9.13. The second kappa shape index (κ2) is 15.8. The van der Waals surface area contributed by atoms with Gasteiger partial charge in [-0.15, -0.1) is 0 Å². The highest BCUT2D eigenvalue weighted by Crippen LogP contribution is 2.20. The normalized spacial score (nSPS) is 11.4. The molecule has 0 bridgehead atoms. The molecule has 0 radical (unpaired) electrons. The Balaban J connectivity index is 1.75. The SMILES string of the molecule is CCCCNC(=O)[C@@H](Cc1ccccc1)N(Cc1ccc(Br)cc1)C(=O)CCCOc1ccc(OC)cc1. The molecular formula is C31H37BrN2O4. The number of nitrogens with zero attached hydrogens (tertiary/aromatic N) is 1. The predicted molar refractivity (Wildman–Crippen MR) is 154 cm³/mol. The summed E-state index contributed by atoms with van der Waals surface area (Å²) < 4.78 is 12.0. The summed E-state index contributed by atoms with van der Waals surface area (Å²) in [5.74, 6) is 1.29. The first kappa shape index (κ1) is 29.2. The molecule has 0 aromatic heterocycles. The molecule has 0 aliphatic carbocycles. The smallest absolute Gasteiger partial charge is 0.243 e. The van der Waals surface area contributed by atoms with Gasteiger partial charge in [0.2, 0.25) is 11.8 Å². The third-order valence-electron chi connectivity index (χ3n) is 6.23. The number of nitrogens with one attached hydrogen (secondary N) is 1. The molecule has 3 rings (SSSR count). The summed E-state index contributed by atoms with van der Waals surface area (Å²) in [7, 11) is 1.62. The fourth-order valence-corrected chi connectivity index (χ4v) is 4.34. The lowest BCUT2D eigenvalue weighted by molar-refractivity contribution is -0.141. The van der Waals surface area contributed by atoms with Gasteiger partial charge in [0.1, 0.15) is 17.5 Å². The van der Waals surface area contributed by atoms with E-state index in [1.807, 2.05) is 78.9 Å². The minimum atomic E-state index is -0.618. The predicted octanol–water partition coefficient (Wildman–Crippen LogP) is 6.17. The Hall–Kier alpha value is -3.32. The first-order valence-electron chi connectivity index (χ1n) is 13.1. The minimum absolute atomic E-state index is 0.0715. The van der Waals surface area contributed by atoms with Gasteiger partial charge in [-0.3, -0.25) is 9.59 Å². The molecule has 6 nitrogen and oxygen atoms in total. The molecule has 1 N–H and O–H groups in total. The van der Waals surface area contributed by atoms with Crippen molar-refractivity contribution in [2.24, 2.45) is 0 Å². The fraction of sp³-hybridized carbons (Fsp3) is 0.355. The lowest BCUT2D eigenvalue weighted by Gasteiger charge is -2.31. The zero-order valence-corrected chi connectivity index (χ0v) is 23.8. The van der Waals surface area contributed by atoms with Crippen molar-refractivity contribution in [1.29, 1.82) is 0 Å². The molecule has 0 heterocycles. The number of methoxy groups -OCH3 is 1. The minimum Gasteiger partial charge on any atom is -0.497 e. The van der Waals surface area contributed by atoms with Crippen molar-refractivity contribution in [3.05, 3.63) is 94.5 Å². The number of ether oxygens (including phenoxy) is 2. The molecule has 38 heavy (non-hydrogen) atoms. The molecule has 3 aromatic rings. The topological polar surface area (TPSA) is 67.9 Å². The number of hydrogen-bond acceptors (Lipinski definition) is 4. The third-order valence-corrected chi connectivity index (χ3v) is 6.76. The third kappa shape index (κ3) is 9.53. The number of carbonyl (C=O) groups is 2. The number of unbranched alkanes of at least 4 members (excludes halogenated alkanes) is 1. The van der Waals surface area contributed by atoms with Crippen LogP contribution in [0.15, 0.2) is 83.3 Å². The molecule has 7 heteroatoms. The Kier molecular flexibility index (Phi) is 12.2. The van der Waals surface area contributed by atoms with Gasteiger partial charge in [-0.2, -0.15) is 0 Å². The van der Waals surface area contributed by atoms with Gasteiger partial charge in [0.15, 0.2) is 0 Å². The summed E-state index contributed by atoms with van der Waals surface area (Å²) in [6.07, 6.45) is 3.15. The molecule has 3 aromatic carbocycles. The zero-order chi connectivity index (χ0) is 27.2. The van der Waals surface area contributed by atoms with Crippen molar-refractivity contribution in [3.63, 3.8) is 0 Å². The highest BCUT2D eigenvalue weighted by molar-refractivity contribution is 9.10.